The summed E-state index contributed by atoms with van der Waals surface area (Å²) >= 11 is 0. The molecule has 3 fully saturated rings. The number of allylic oxidation sites excluding steroid dienone is 6. The monoisotopic (exact) mass is 898 g/mol. The molecule has 360 valence electrons. The van der Waals surface area contributed by atoms with E-state index in [0.717, 1.165) is 18.4 Å². The molecule has 0 aromatic carbocycles. The van der Waals surface area contributed by atoms with Crippen LogP contribution in [0.25, 0.3) is 0 Å². The number of carbonyl (C=O) groups is 5. The second-order valence-corrected chi connectivity index (χ2v) is 19.5. The Morgan fingerprint density at radius 2 is 1.59 bits per heavy atom. The van der Waals surface area contributed by atoms with Gasteiger partial charge in [-0.05, 0) is 113 Å². The van der Waals surface area contributed by atoms with Crippen molar-refractivity contribution in [2.24, 2.45) is 35.5 Å². The van der Waals surface area contributed by atoms with Gasteiger partial charge in [0.25, 0.3) is 11.7 Å². The maximum atomic E-state index is 14.3. The van der Waals surface area contributed by atoms with Crippen molar-refractivity contribution in [1.29, 1.82) is 0 Å². The van der Waals surface area contributed by atoms with Gasteiger partial charge < -0.3 is 39.2 Å². The number of fused-ring (bicyclic) bond motifs is 3. The second kappa shape index (κ2) is 25.0. The number of hydrogen-bond donors (Lipinski definition) is 3. The molecule has 0 aromatic heterocycles. The molecule has 13 heteroatoms. The van der Waals surface area contributed by atoms with E-state index in [4.69, 9.17) is 18.9 Å². The van der Waals surface area contributed by atoms with Crippen molar-refractivity contribution in [2.75, 3.05) is 20.8 Å². The number of methoxy groups -OCH3 is 2. The lowest BCUT2D eigenvalue weighted by atomic mass is 9.78. The molecule has 0 radical (unpaired) electrons. The molecule has 3 heterocycles. The van der Waals surface area contributed by atoms with Gasteiger partial charge >= 0.3 is 5.97 Å². The largest absolute Gasteiger partial charge is 0.460 e. The van der Waals surface area contributed by atoms with E-state index in [1.54, 1.807) is 41.1 Å². The van der Waals surface area contributed by atoms with E-state index in [0.29, 0.717) is 63.4 Å². The number of amides is 1. The molecule has 64 heavy (non-hydrogen) atoms. The number of ketones is 3. The fourth-order valence-electron chi connectivity index (χ4n) is 9.94. The van der Waals surface area contributed by atoms with Crippen LogP contribution in [0, 0.1) is 35.5 Å². The minimum Gasteiger partial charge on any atom is -0.460 e. The molecule has 3 aliphatic heterocycles. The van der Waals surface area contributed by atoms with Crippen molar-refractivity contribution >= 4 is 29.2 Å². The number of aliphatic hydroxyl groups excluding tert-OH is 2. The second-order valence-electron chi connectivity index (χ2n) is 19.5. The molecule has 13 nitrogen and oxygen atoms in total. The lowest BCUT2D eigenvalue weighted by Gasteiger charge is -2.42. The summed E-state index contributed by atoms with van der Waals surface area (Å²) in [7, 11) is 3.16. The third kappa shape index (κ3) is 14.3. The van der Waals surface area contributed by atoms with Gasteiger partial charge in [0.05, 0.1) is 30.5 Å². The minimum atomic E-state index is -2.42. The van der Waals surface area contributed by atoms with Crippen LogP contribution in [-0.2, 0) is 42.9 Å². The molecule has 1 amide bonds. The minimum absolute atomic E-state index is 0.0618. The van der Waals surface area contributed by atoms with Gasteiger partial charge in [0, 0.05) is 57.8 Å². The van der Waals surface area contributed by atoms with Gasteiger partial charge in [0.2, 0.25) is 5.79 Å². The van der Waals surface area contributed by atoms with E-state index in [2.05, 4.69) is 13.0 Å². The number of rotatable bonds is 6. The fraction of sp³-hybridized carbons (Fsp3) is 0.745. The standard InChI is InChI=1S/C51H79NO12/c1-10-37-17-13-11-12-16-31(2)45(61-8)28-39-21-19-36(7)51(60,64-39)48(57)49(58)52-23-15-14-18-40(52)50(59)63-46(35(6)26-38-20-22-41(53)47(27-38)62-9)30-44(56)33(4)24-32(3)42(54)29-43(55)34(5)25-37/h11-13,16-17,24,33-42,45-47,53-54,60H,10,14-15,18-23,25-30H2,1-9H3/b12-11+,17-13+,31-16+,32-24+/t33-,34-,35-,36-,37-,38+,39+,40+,41-,42+,45+,46+,47-,51-/m1/s1. The van der Waals surface area contributed by atoms with Gasteiger partial charge in [-0.3, -0.25) is 19.2 Å². The number of ether oxygens (including phenoxy) is 4. The van der Waals surface area contributed by atoms with Crippen LogP contribution in [0.2, 0.25) is 0 Å². The molecule has 4 rings (SSSR count). The molecule has 2 bridgehead atoms. The Balaban J connectivity index is 1.68. The number of cyclic esters (lactones) is 1. The van der Waals surface area contributed by atoms with E-state index >= 15 is 0 Å². The average Bonchev–Trinajstić information content (AvgIpc) is 3.27. The molecular formula is C51H79NO12. The number of esters is 1. The quantitative estimate of drug-likeness (QED) is 0.142. The number of hydrogen-bond acceptors (Lipinski definition) is 12. The van der Waals surface area contributed by atoms with Crippen LogP contribution in [0.4, 0.5) is 0 Å². The van der Waals surface area contributed by atoms with Crippen molar-refractivity contribution in [1.82, 2.24) is 4.90 Å². The summed E-state index contributed by atoms with van der Waals surface area (Å²) in [6, 6.07) is -1.12. The zero-order chi connectivity index (χ0) is 47.3. The highest BCUT2D eigenvalue weighted by Gasteiger charge is 2.53. The number of nitrogens with zero attached hydrogens (tertiary/aromatic N) is 1. The lowest BCUT2D eigenvalue weighted by molar-refractivity contribution is -0.265. The van der Waals surface area contributed by atoms with Gasteiger partial charge in [0.1, 0.15) is 23.7 Å². The summed E-state index contributed by atoms with van der Waals surface area (Å²) in [4.78, 5) is 71.3. The van der Waals surface area contributed by atoms with Crippen LogP contribution in [-0.4, -0.2) is 119 Å². The van der Waals surface area contributed by atoms with E-state index in [-0.39, 0.29) is 67.1 Å². The van der Waals surface area contributed by atoms with Crippen LogP contribution < -0.4 is 0 Å². The van der Waals surface area contributed by atoms with E-state index in [9.17, 15) is 39.3 Å². The van der Waals surface area contributed by atoms with Gasteiger partial charge in [-0.15, -0.1) is 0 Å². The van der Waals surface area contributed by atoms with Gasteiger partial charge in [-0.2, -0.15) is 0 Å². The predicted octanol–water partition coefficient (Wildman–Crippen LogP) is 6.95. The zero-order valence-electron chi connectivity index (χ0n) is 40.0. The molecule has 0 spiro atoms. The van der Waals surface area contributed by atoms with Gasteiger partial charge in [-0.1, -0.05) is 71.1 Å². The first-order valence-corrected chi connectivity index (χ1v) is 24.0. The first-order chi connectivity index (χ1) is 30.3. The average molecular weight is 898 g/mol. The first kappa shape index (κ1) is 53.3. The van der Waals surface area contributed by atoms with Crippen molar-refractivity contribution < 1.29 is 58.2 Å². The summed E-state index contributed by atoms with van der Waals surface area (Å²) in [5, 5.41) is 33.5. The molecule has 3 N–H and O–H groups in total. The van der Waals surface area contributed by atoms with Crippen molar-refractivity contribution in [3.05, 3.63) is 47.6 Å². The Labute approximate surface area is 382 Å². The van der Waals surface area contributed by atoms with E-state index in [1.165, 1.54) is 4.90 Å². The third-order valence-electron chi connectivity index (χ3n) is 14.6. The summed E-state index contributed by atoms with van der Waals surface area (Å²) in [6.45, 7) is 13.0. The molecular weight excluding hydrogens is 819 g/mol. The van der Waals surface area contributed by atoms with Crippen LogP contribution in [0.15, 0.2) is 47.6 Å². The van der Waals surface area contributed by atoms with Gasteiger partial charge in [-0.25, -0.2) is 4.79 Å². The van der Waals surface area contributed by atoms with Gasteiger partial charge in [0.15, 0.2) is 0 Å². The Kier molecular flexibility index (Phi) is 20.8. The Bertz CT molecular complexity index is 1720. The van der Waals surface area contributed by atoms with E-state index < -0.39 is 71.8 Å². The summed E-state index contributed by atoms with van der Waals surface area (Å²) < 4.78 is 23.8. The number of piperidine rings is 1. The Hall–Kier alpha value is -3.33. The van der Waals surface area contributed by atoms with Crippen LogP contribution >= 0.6 is 0 Å². The van der Waals surface area contributed by atoms with Crippen molar-refractivity contribution in [2.45, 2.75) is 187 Å². The Morgan fingerprint density at radius 1 is 0.859 bits per heavy atom. The highest BCUT2D eigenvalue weighted by Crippen LogP contribution is 2.38. The molecule has 14 atom stereocenters. The summed E-state index contributed by atoms with van der Waals surface area (Å²) in [6.07, 6.45) is 13.9. The van der Waals surface area contributed by atoms with Crippen LogP contribution in [0.1, 0.15) is 138 Å². The maximum absolute atomic E-state index is 14.3. The smallest absolute Gasteiger partial charge is 0.329 e. The molecule has 1 saturated carbocycles. The summed E-state index contributed by atoms with van der Waals surface area (Å²) in [5.41, 5.74) is 1.40. The highest BCUT2D eigenvalue weighted by molar-refractivity contribution is 6.39. The topological polar surface area (TPSA) is 186 Å². The Morgan fingerprint density at radius 3 is 2.28 bits per heavy atom. The predicted molar refractivity (Wildman–Crippen MR) is 244 cm³/mol. The third-order valence-corrected chi connectivity index (χ3v) is 14.6. The number of carbonyl (C=O) groups excluding carboxylic acids is 5. The highest BCUT2D eigenvalue weighted by atomic mass is 16.6. The van der Waals surface area contributed by atoms with Crippen molar-refractivity contribution in [3.8, 4) is 0 Å². The molecule has 4 aliphatic rings. The van der Waals surface area contributed by atoms with E-state index in [1.807, 2.05) is 45.1 Å². The molecule has 1 aliphatic carbocycles. The normalized spacial score (nSPS) is 39.7. The SMILES string of the molecule is CC[C@@H]1/C=C/C=C/C=C(\C)[C@@H](OC)C[C@@H]2CC[C@@H](C)[C@@](O)(O2)C(=O)C(=O)N2CCCC[C@H]2C(=O)O[C@H]([C@H](C)C[C@@H]2CC[C@@H](O)[C@H](OC)C2)CC(=O)[C@H](C)/C=C(\C)[C@@H](O)CC(=O)[C@H](C)C1. The first-order valence-electron chi connectivity index (χ1n) is 24.0. The van der Waals surface area contributed by atoms with Crippen molar-refractivity contribution in [3.63, 3.8) is 0 Å². The molecule has 0 unspecified atom stereocenters. The maximum Gasteiger partial charge on any atom is 0.329 e. The van der Waals surface area contributed by atoms with Crippen LogP contribution in [0.5, 0.6) is 0 Å². The summed E-state index contributed by atoms with van der Waals surface area (Å²) in [5.74, 6) is -7.30. The lowest BCUT2D eigenvalue weighted by Crippen LogP contribution is -2.61. The number of aliphatic hydroxyl groups is 3. The molecule has 0 aromatic rings. The zero-order valence-corrected chi connectivity index (χ0v) is 40.0. The number of Topliss-reactive ketones (excluding diaryl/α,β-unsaturated/α-hetero) is 3. The molecule has 2 saturated heterocycles. The fourth-order valence-corrected chi connectivity index (χ4v) is 9.94. The van der Waals surface area contributed by atoms with Crippen LogP contribution in [0.3, 0.4) is 0 Å².